The van der Waals surface area contributed by atoms with Gasteiger partial charge in [0.05, 0.1) is 5.69 Å². The highest BCUT2D eigenvalue weighted by Gasteiger charge is 2.57. The van der Waals surface area contributed by atoms with E-state index in [1.807, 2.05) is 6.07 Å². The molecule has 3 aliphatic rings. The van der Waals surface area contributed by atoms with Gasteiger partial charge in [0.25, 0.3) is 17.7 Å². The third kappa shape index (κ3) is 4.80. The van der Waals surface area contributed by atoms with Crippen molar-refractivity contribution in [2.45, 2.75) is 49.2 Å². The molecule has 2 fully saturated rings. The van der Waals surface area contributed by atoms with Gasteiger partial charge in [0.1, 0.15) is 30.0 Å². The Morgan fingerprint density at radius 1 is 1.12 bits per heavy atom. The van der Waals surface area contributed by atoms with Gasteiger partial charge in [-0.05, 0) is 42.2 Å². The number of rotatable bonds is 6. The number of aryl methyl sites for hydroxylation is 1. The van der Waals surface area contributed by atoms with Crippen LogP contribution in [0.4, 0.5) is 34.0 Å². The summed E-state index contributed by atoms with van der Waals surface area (Å²) in [7, 11) is 0. The highest BCUT2D eigenvalue weighted by atomic mass is 19.3. The van der Waals surface area contributed by atoms with Gasteiger partial charge in [0.15, 0.2) is 11.6 Å². The molecule has 1 aromatic heterocycles. The Balaban J connectivity index is 1.51. The lowest BCUT2D eigenvalue weighted by atomic mass is 9.83. The van der Waals surface area contributed by atoms with Gasteiger partial charge in [-0.1, -0.05) is 24.3 Å². The van der Waals surface area contributed by atoms with Crippen molar-refractivity contribution in [3.8, 4) is 6.07 Å². The van der Waals surface area contributed by atoms with Gasteiger partial charge in [-0.2, -0.15) is 5.26 Å². The molecule has 2 aromatic carbocycles. The Kier molecular flexibility index (Phi) is 6.75. The first kappa shape index (κ1) is 28.1. The van der Waals surface area contributed by atoms with Gasteiger partial charge in [0.2, 0.25) is 5.95 Å². The van der Waals surface area contributed by atoms with E-state index in [1.165, 1.54) is 12.3 Å². The molecular formula is C29H22F4N6O4. The van der Waals surface area contributed by atoms with E-state index in [0.29, 0.717) is 17.2 Å². The van der Waals surface area contributed by atoms with Crippen molar-refractivity contribution in [3.05, 3.63) is 83.2 Å². The van der Waals surface area contributed by atoms with Crippen molar-refractivity contribution in [2.75, 3.05) is 16.4 Å². The quantitative estimate of drug-likeness (QED) is 0.431. The lowest BCUT2D eigenvalue weighted by Crippen LogP contribution is -2.64. The molecule has 1 aliphatic heterocycles. The zero-order valence-corrected chi connectivity index (χ0v) is 22.3. The number of anilines is 2. The van der Waals surface area contributed by atoms with Gasteiger partial charge >= 0.3 is 6.09 Å². The topological polar surface area (TPSA) is 129 Å². The van der Waals surface area contributed by atoms with E-state index in [-0.39, 0.29) is 30.2 Å². The first-order valence-corrected chi connectivity index (χ1v) is 13.3. The van der Waals surface area contributed by atoms with E-state index in [1.54, 1.807) is 24.3 Å². The van der Waals surface area contributed by atoms with E-state index in [4.69, 9.17) is 4.74 Å². The third-order valence-corrected chi connectivity index (χ3v) is 7.86. The average Bonchev–Trinajstić information content (AvgIpc) is 3.53. The highest BCUT2D eigenvalue weighted by Crippen LogP contribution is 2.46. The Bertz CT molecular complexity index is 1670. The summed E-state index contributed by atoms with van der Waals surface area (Å²) < 4.78 is 61.9. The Morgan fingerprint density at radius 3 is 2.53 bits per heavy atom. The van der Waals surface area contributed by atoms with Crippen LogP contribution in [0.3, 0.4) is 0 Å². The van der Waals surface area contributed by atoms with E-state index in [9.17, 15) is 37.2 Å². The number of ether oxygens (including phenoxy) is 1. The fraction of sp³-hybridized carbons (Fsp3) is 0.310. The molecule has 1 saturated heterocycles. The molecule has 10 nitrogen and oxygen atoms in total. The van der Waals surface area contributed by atoms with Gasteiger partial charge in [-0.15, -0.1) is 0 Å². The van der Waals surface area contributed by atoms with Crippen molar-refractivity contribution in [1.82, 2.24) is 15.3 Å². The van der Waals surface area contributed by atoms with Gasteiger partial charge in [-0.3, -0.25) is 14.5 Å². The molecular weight excluding hydrogens is 572 g/mol. The molecule has 43 heavy (non-hydrogen) atoms. The molecule has 2 atom stereocenters. The van der Waals surface area contributed by atoms with Crippen LogP contribution in [0.5, 0.6) is 0 Å². The minimum absolute atomic E-state index is 0.0624. The second-order valence-electron chi connectivity index (χ2n) is 10.6. The molecule has 220 valence electrons. The van der Waals surface area contributed by atoms with Crippen molar-refractivity contribution >= 4 is 29.5 Å². The maximum Gasteiger partial charge on any atom is 0.417 e. The molecule has 2 aliphatic carbocycles. The standard InChI is InChI=1S/C29H22F4N6O4/c30-17-9-18(31)11-21(10-17)39(24(40)23-15-43-27(42)38(23)26-35-8-6-19(14-34)37-26)29(7-5-16-3-1-2-4-22(16)29)25(41)36-20-12-28(32,33)13-20/h1-4,6,8-11,20,23H,5,7,12-13,15H2,(H,36,41)/t23-,29-/m0/s1. The van der Waals surface area contributed by atoms with Crippen LogP contribution in [-0.2, 0) is 26.3 Å². The second kappa shape index (κ2) is 10.3. The van der Waals surface area contributed by atoms with Crippen molar-refractivity contribution < 1.29 is 36.7 Å². The number of nitrogens with zero attached hydrogens (tertiary/aromatic N) is 5. The molecule has 0 bridgehead atoms. The molecule has 3 aromatic rings. The smallest absolute Gasteiger partial charge is 0.417 e. The van der Waals surface area contributed by atoms with Crippen LogP contribution in [0.15, 0.2) is 54.7 Å². The number of nitriles is 1. The number of fused-ring (bicyclic) bond motifs is 1. The number of amides is 3. The highest BCUT2D eigenvalue weighted by molar-refractivity contribution is 6.11. The van der Waals surface area contributed by atoms with E-state index in [2.05, 4.69) is 15.3 Å². The van der Waals surface area contributed by atoms with E-state index in [0.717, 1.165) is 21.9 Å². The van der Waals surface area contributed by atoms with Gasteiger partial charge < -0.3 is 10.1 Å². The van der Waals surface area contributed by atoms with Crippen molar-refractivity contribution in [2.24, 2.45) is 0 Å². The first-order valence-electron chi connectivity index (χ1n) is 13.3. The molecule has 3 amide bonds. The minimum Gasteiger partial charge on any atom is -0.446 e. The predicted molar refractivity (Wildman–Crippen MR) is 141 cm³/mol. The monoisotopic (exact) mass is 594 g/mol. The Morgan fingerprint density at radius 2 is 1.84 bits per heavy atom. The van der Waals surface area contributed by atoms with Crippen LogP contribution in [-0.4, -0.2) is 52.5 Å². The summed E-state index contributed by atoms with van der Waals surface area (Å²) in [6.45, 7) is -0.541. The van der Waals surface area contributed by atoms with E-state index >= 15 is 0 Å². The van der Waals surface area contributed by atoms with Crippen molar-refractivity contribution in [1.29, 1.82) is 5.26 Å². The lowest BCUT2D eigenvalue weighted by molar-refractivity contribution is -0.137. The van der Waals surface area contributed by atoms with Crippen LogP contribution in [0.25, 0.3) is 0 Å². The number of nitrogens with one attached hydrogen (secondary N) is 1. The summed E-state index contributed by atoms with van der Waals surface area (Å²) in [6.07, 6.45) is -0.837. The number of hydrogen-bond donors (Lipinski definition) is 1. The fourth-order valence-corrected chi connectivity index (χ4v) is 5.93. The molecule has 0 spiro atoms. The number of benzene rings is 2. The SMILES string of the molecule is N#Cc1ccnc(N2C(=O)OC[C@H]2C(=O)N(c2cc(F)cc(F)c2)[C@@]2(C(=O)NC3CC(F)(F)C3)CCc3ccccc32)n1. The summed E-state index contributed by atoms with van der Waals surface area (Å²) in [4.78, 5) is 51.4. The number of cyclic esters (lactones) is 1. The molecule has 2 heterocycles. The normalized spacial score (nSPS) is 22.3. The van der Waals surface area contributed by atoms with E-state index < -0.39 is 72.5 Å². The van der Waals surface area contributed by atoms with Crippen LogP contribution in [0.2, 0.25) is 0 Å². The van der Waals surface area contributed by atoms with Crippen molar-refractivity contribution in [3.63, 3.8) is 0 Å². The van der Waals surface area contributed by atoms with Crippen LogP contribution >= 0.6 is 0 Å². The summed E-state index contributed by atoms with van der Waals surface area (Å²) >= 11 is 0. The number of carbonyl (C=O) groups excluding carboxylic acids is 3. The van der Waals surface area contributed by atoms with Gasteiger partial charge in [-0.25, -0.2) is 37.2 Å². The molecule has 1 N–H and O–H groups in total. The predicted octanol–water partition coefficient (Wildman–Crippen LogP) is 3.74. The molecule has 14 heteroatoms. The molecule has 0 radical (unpaired) electrons. The maximum atomic E-state index is 14.7. The second-order valence-corrected chi connectivity index (χ2v) is 10.6. The summed E-state index contributed by atoms with van der Waals surface area (Å²) in [6, 6.07) is 9.63. The summed E-state index contributed by atoms with van der Waals surface area (Å²) in [5, 5.41) is 11.9. The largest absolute Gasteiger partial charge is 0.446 e. The number of aromatic nitrogens is 2. The van der Waals surface area contributed by atoms with Gasteiger partial charge in [0, 0.05) is 31.1 Å². The molecule has 0 unspecified atom stereocenters. The fourth-order valence-electron chi connectivity index (χ4n) is 5.93. The average molecular weight is 595 g/mol. The summed E-state index contributed by atoms with van der Waals surface area (Å²) in [5.74, 6) is -7.20. The number of hydrogen-bond acceptors (Lipinski definition) is 7. The summed E-state index contributed by atoms with van der Waals surface area (Å²) in [5.41, 5.74) is -1.43. The Labute approximate surface area is 241 Å². The lowest BCUT2D eigenvalue weighted by Gasteiger charge is -2.44. The van der Waals surface area contributed by atoms with Crippen LogP contribution in [0.1, 0.15) is 36.1 Å². The maximum absolute atomic E-state index is 14.7. The zero-order chi connectivity index (χ0) is 30.5. The molecule has 6 rings (SSSR count). The number of carbonyl (C=O) groups is 3. The number of halogens is 4. The minimum atomic E-state index is -2.96. The van der Waals surface area contributed by atoms with Crippen LogP contribution in [0, 0.1) is 23.0 Å². The zero-order valence-electron chi connectivity index (χ0n) is 22.3. The Hall–Kier alpha value is -5.06. The number of alkyl halides is 2. The first-order chi connectivity index (χ1) is 20.5. The molecule has 1 saturated carbocycles. The third-order valence-electron chi connectivity index (χ3n) is 7.86. The van der Waals surface area contributed by atoms with Crippen LogP contribution < -0.4 is 15.1 Å².